The van der Waals surface area contributed by atoms with Gasteiger partial charge in [0.05, 0.1) is 35.0 Å². The van der Waals surface area contributed by atoms with Crippen molar-refractivity contribution in [2.75, 3.05) is 72.0 Å². The van der Waals surface area contributed by atoms with Crippen LogP contribution < -0.4 is 36.4 Å². The number of rotatable bonds is 9. The van der Waals surface area contributed by atoms with Crippen molar-refractivity contribution in [3.63, 3.8) is 0 Å². The van der Waals surface area contributed by atoms with Gasteiger partial charge in [-0.15, -0.1) is 0 Å². The van der Waals surface area contributed by atoms with Crippen LogP contribution in [0.15, 0.2) is 112 Å². The zero-order valence-electron chi connectivity index (χ0n) is 37.5. The summed E-state index contributed by atoms with van der Waals surface area (Å²) in [6, 6.07) is 23.3. The topological polar surface area (TPSA) is 137 Å². The molecule has 24 heteroatoms. The number of hydrogen-bond donors (Lipinski definition) is 0. The summed E-state index contributed by atoms with van der Waals surface area (Å²) in [6.07, 6.45) is -3.70. The first-order chi connectivity index (χ1) is 32.1. The maximum Gasteiger partial charge on any atom is 0.494 e. The minimum Gasteiger partial charge on any atom is -0.399 e. The standard InChI is InChI=1S/C25H30BF3N6O3.C19H18BrF3N6O/c1-23(2)24(3,4)38-26(37-23)18-5-7-19(8-6-18)32-11-13-33(14-12-32)20-9-10-21(30-15-20)34-17-31-35(22(34)36)16-25(27,28)29;20-14-1-3-15(4-2-14)26-7-9-27(10-8-26)16-5-6-17(24-11-16)28-13-25-29(18(28)30)12-19(21,22)23/h5-10,15,17H,11-14,16H2,1-4H3;1-6,11,13H,7-10,12H2. The van der Waals surface area contributed by atoms with Crippen LogP contribution in [0.1, 0.15) is 27.7 Å². The second-order valence-electron chi connectivity index (χ2n) is 17.5. The molecule has 0 atom stereocenters. The molecule has 3 aliphatic heterocycles. The molecule has 9 rings (SSSR count). The van der Waals surface area contributed by atoms with E-state index in [2.05, 4.69) is 80.0 Å². The molecule has 4 aromatic heterocycles. The Morgan fingerprint density at radius 3 is 1.22 bits per heavy atom. The van der Waals surface area contributed by atoms with Crippen LogP contribution in [0.4, 0.5) is 49.1 Å². The molecule has 3 saturated heterocycles. The highest BCUT2D eigenvalue weighted by Crippen LogP contribution is 2.36. The van der Waals surface area contributed by atoms with E-state index in [9.17, 15) is 35.9 Å². The second-order valence-corrected chi connectivity index (χ2v) is 18.4. The lowest BCUT2D eigenvalue weighted by Crippen LogP contribution is -2.46. The molecule has 0 saturated carbocycles. The zero-order chi connectivity index (χ0) is 48.6. The van der Waals surface area contributed by atoms with Crippen LogP contribution in [0.2, 0.25) is 0 Å². The summed E-state index contributed by atoms with van der Waals surface area (Å²) < 4.78 is 91.5. The average Bonchev–Trinajstić information content (AvgIpc) is 3.92. The SMILES string of the molecule is CC1(C)OB(c2ccc(N3CCN(c4ccc(-n5cnn(CC(F)(F)F)c5=O)nc4)CC3)cc2)OC1(C)C.O=c1n(-c2ccc(N3CCN(c4ccc(Br)cc4)CC3)cn2)cnn1CC(F)(F)F. The van der Waals surface area contributed by atoms with Crippen LogP contribution >= 0.6 is 15.9 Å². The summed E-state index contributed by atoms with van der Waals surface area (Å²) in [5.41, 5.74) is 2.51. The smallest absolute Gasteiger partial charge is 0.399 e. The summed E-state index contributed by atoms with van der Waals surface area (Å²) in [4.78, 5) is 41.9. The molecule has 0 unspecified atom stereocenters. The molecule has 3 aliphatic rings. The fourth-order valence-corrected chi connectivity index (χ4v) is 8.14. The first kappa shape index (κ1) is 48.3. The quantitative estimate of drug-likeness (QED) is 0.130. The molecule has 0 bridgehead atoms. The zero-order valence-corrected chi connectivity index (χ0v) is 39.1. The number of nitrogens with zero attached hydrogens (tertiary/aromatic N) is 12. The lowest BCUT2D eigenvalue weighted by molar-refractivity contribution is -0.144. The Hall–Kier alpha value is -6.14. The number of alkyl halides is 6. The Labute approximate surface area is 395 Å². The number of piperazine rings is 2. The molecular formula is C44H48BBrF6N12O4. The van der Waals surface area contributed by atoms with E-state index in [1.807, 2.05) is 64.1 Å². The van der Waals surface area contributed by atoms with Crippen molar-refractivity contribution >= 4 is 51.3 Å². The number of benzene rings is 2. The van der Waals surface area contributed by atoms with Gasteiger partial charge in [0.15, 0.2) is 0 Å². The number of anilines is 4. The highest BCUT2D eigenvalue weighted by molar-refractivity contribution is 9.10. The van der Waals surface area contributed by atoms with Crippen LogP contribution in [0.5, 0.6) is 0 Å². The van der Waals surface area contributed by atoms with Crippen LogP contribution in [0.25, 0.3) is 11.6 Å². The highest BCUT2D eigenvalue weighted by Gasteiger charge is 2.51. The van der Waals surface area contributed by atoms with Gasteiger partial charge >= 0.3 is 30.9 Å². The van der Waals surface area contributed by atoms with E-state index >= 15 is 0 Å². The lowest BCUT2D eigenvalue weighted by Gasteiger charge is -2.37. The van der Waals surface area contributed by atoms with Crippen LogP contribution in [0, 0.1) is 0 Å². The molecule has 0 N–H and O–H groups in total. The van der Waals surface area contributed by atoms with Gasteiger partial charge < -0.3 is 28.9 Å². The van der Waals surface area contributed by atoms with E-state index in [0.717, 1.165) is 101 Å². The Morgan fingerprint density at radius 2 is 0.882 bits per heavy atom. The molecule has 0 amide bonds. The molecule has 16 nitrogen and oxygen atoms in total. The number of halogens is 7. The van der Waals surface area contributed by atoms with Crippen molar-refractivity contribution in [2.24, 2.45) is 0 Å². The van der Waals surface area contributed by atoms with Crippen molar-refractivity contribution in [1.82, 2.24) is 38.7 Å². The number of aromatic nitrogens is 8. The molecule has 2 aromatic carbocycles. The molecule has 68 heavy (non-hydrogen) atoms. The molecule has 6 aromatic rings. The fourth-order valence-electron chi connectivity index (χ4n) is 7.88. The van der Waals surface area contributed by atoms with Gasteiger partial charge in [-0.05, 0) is 93.8 Å². The molecule has 360 valence electrons. The third kappa shape index (κ3) is 11.1. The van der Waals surface area contributed by atoms with Crippen molar-refractivity contribution in [2.45, 2.75) is 64.3 Å². The van der Waals surface area contributed by atoms with E-state index in [1.54, 1.807) is 24.5 Å². The van der Waals surface area contributed by atoms with Crippen molar-refractivity contribution in [1.29, 1.82) is 0 Å². The maximum atomic E-state index is 12.6. The summed E-state index contributed by atoms with van der Waals surface area (Å²) >= 11 is 3.44. The second kappa shape index (κ2) is 19.1. The minimum absolute atomic E-state index is 0.216. The predicted octanol–water partition coefficient (Wildman–Crippen LogP) is 5.70. The van der Waals surface area contributed by atoms with Gasteiger partial charge in [-0.1, -0.05) is 28.1 Å². The lowest BCUT2D eigenvalue weighted by atomic mass is 9.79. The Morgan fingerprint density at radius 1 is 0.544 bits per heavy atom. The third-order valence-electron chi connectivity index (χ3n) is 12.3. The summed E-state index contributed by atoms with van der Waals surface area (Å²) in [7, 11) is -0.392. The van der Waals surface area contributed by atoms with Crippen LogP contribution in [-0.2, 0) is 22.4 Å². The molecule has 0 aliphatic carbocycles. The van der Waals surface area contributed by atoms with Gasteiger partial charge in [0.2, 0.25) is 0 Å². The van der Waals surface area contributed by atoms with Crippen molar-refractivity contribution in [3.8, 4) is 11.6 Å². The van der Waals surface area contributed by atoms with E-state index < -0.39 is 43.9 Å². The van der Waals surface area contributed by atoms with Gasteiger partial charge in [0, 0.05) is 68.2 Å². The molecule has 0 radical (unpaired) electrons. The van der Waals surface area contributed by atoms with E-state index in [0.29, 0.717) is 9.36 Å². The van der Waals surface area contributed by atoms with Gasteiger partial charge in [-0.3, -0.25) is 0 Å². The van der Waals surface area contributed by atoms with Crippen molar-refractivity contribution < 1.29 is 35.7 Å². The number of hydrogen-bond acceptors (Lipinski definition) is 12. The minimum atomic E-state index is -4.53. The Bertz CT molecular complexity index is 2750. The number of pyridine rings is 2. The first-order valence-corrected chi connectivity index (χ1v) is 22.5. The first-order valence-electron chi connectivity index (χ1n) is 21.7. The molecule has 0 spiro atoms. The highest BCUT2D eigenvalue weighted by atomic mass is 79.9. The van der Waals surface area contributed by atoms with E-state index in [1.165, 1.54) is 5.69 Å². The monoisotopic (exact) mass is 1010 g/mol. The fraction of sp³-hybridized carbons (Fsp3) is 0.409. The molecule has 3 fully saturated rings. The van der Waals surface area contributed by atoms with Gasteiger partial charge in [-0.25, -0.2) is 38.1 Å². The average molecular weight is 1010 g/mol. The van der Waals surface area contributed by atoms with Crippen LogP contribution in [-0.4, -0.2) is 122 Å². The summed E-state index contributed by atoms with van der Waals surface area (Å²) in [6.45, 7) is 11.7. The van der Waals surface area contributed by atoms with Crippen molar-refractivity contribution in [3.05, 3.63) is 123 Å². The molecule has 7 heterocycles. The largest absolute Gasteiger partial charge is 0.494 e. The molecular weight excluding hydrogens is 965 g/mol. The van der Waals surface area contributed by atoms with Gasteiger partial charge in [-0.2, -0.15) is 36.5 Å². The van der Waals surface area contributed by atoms with Gasteiger partial charge in [0.1, 0.15) is 37.4 Å². The van der Waals surface area contributed by atoms with E-state index in [-0.39, 0.29) is 22.8 Å². The van der Waals surface area contributed by atoms with Gasteiger partial charge in [0.25, 0.3) is 0 Å². The van der Waals surface area contributed by atoms with E-state index in [4.69, 9.17) is 9.31 Å². The van der Waals surface area contributed by atoms with Crippen LogP contribution in [0.3, 0.4) is 0 Å². The third-order valence-corrected chi connectivity index (χ3v) is 12.9. The maximum absolute atomic E-state index is 12.6. The Balaban J connectivity index is 0.000000189. The summed E-state index contributed by atoms with van der Waals surface area (Å²) in [5, 5.41) is 7.07. The predicted molar refractivity (Wildman–Crippen MR) is 248 cm³/mol. The summed E-state index contributed by atoms with van der Waals surface area (Å²) in [5.74, 6) is 0.443. The normalized spacial score (nSPS) is 17.4. The Kier molecular flexibility index (Phi) is 13.6.